The van der Waals surface area contributed by atoms with Crippen LogP contribution < -0.4 is 0 Å². The van der Waals surface area contributed by atoms with Gasteiger partial charge in [0.15, 0.2) is 5.79 Å². The van der Waals surface area contributed by atoms with E-state index >= 15 is 0 Å². The monoisotopic (exact) mass is 329 g/mol. The van der Waals surface area contributed by atoms with Crippen LogP contribution in [0.25, 0.3) is 0 Å². The van der Waals surface area contributed by atoms with E-state index in [-0.39, 0.29) is 5.79 Å². The van der Waals surface area contributed by atoms with Crippen LogP contribution in [0.1, 0.15) is 62.8 Å². The molecule has 1 aromatic rings. The number of benzene rings is 1. The minimum absolute atomic E-state index is 0.288. The summed E-state index contributed by atoms with van der Waals surface area (Å²) in [7, 11) is 0. The van der Waals surface area contributed by atoms with Gasteiger partial charge in [-0.05, 0) is 56.7 Å². The van der Waals surface area contributed by atoms with Crippen LogP contribution in [0.15, 0.2) is 30.3 Å². The van der Waals surface area contributed by atoms with Crippen molar-refractivity contribution in [1.29, 1.82) is 0 Å². The zero-order valence-corrected chi connectivity index (χ0v) is 14.8. The van der Waals surface area contributed by atoms with Crippen LogP contribution >= 0.6 is 0 Å². The Labute approximate surface area is 146 Å². The first-order valence-corrected chi connectivity index (χ1v) is 9.92. The molecule has 4 rings (SSSR count). The van der Waals surface area contributed by atoms with Crippen LogP contribution in [-0.2, 0) is 9.47 Å². The molecule has 24 heavy (non-hydrogen) atoms. The van der Waals surface area contributed by atoms with Gasteiger partial charge in [-0.25, -0.2) is 0 Å². The molecule has 3 fully saturated rings. The molecule has 2 heterocycles. The predicted molar refractivity (Wildman–Crippen MR) is 96.1 cm³/mol. The van der Waals surface area contributed by atoms with Gasteiger partial charge in [0.1, 0.15) is 0 Å². The summed E-state index contributed by atoms with van der Waals surface area (Å²) in [6, 6.07) is 10.9. The van der Waals surface area contributed by atoms with Crippen molar-refractivity contribution >= 4 is 0 Å². The van der Waals surface area contributed by atoms with Crippen molar-refractivity contribution in [2.45, 2.75) is 69.2 Å². The molecule has 0 amide bonds. The van der Waals surface area contributed by atoms with Gasteiger partial charge in [-0.1, -0.05) is 36.8 Å². The molecular weight excluding hydrogens is 298 g/mol. The van der Waals surface area contributed by atoms with E-state index in [0.717, 1.165) is 32.4 Å². The fraction of sp³-hybridized carbons (Fsp3) is 0.714. The molecule has 0 bridgehead atoms. The average molecular weight is 329 g/mol. The van der Waals surface area contributed by atoms with Gasteiger partial charge in [0, 0.05) is 19.4 Å². The van der Waals surface area contributed by atoms with Crippen LogP contribution in [0.2, 0.25) is 0 Å². The van der Waals surface area contributed by atoms with Crippen molar-refractivity contribution in [1.82, 2.24) is 4.90 Å². The van der Waals surface area contributed by atoms with E-state index in [4.69, 9.17) is 9.47 Å². The Morgan fingerprint density at radius 3 is 2.46 bits per heavy atom. The van der Waals surface area contributed by atoms with Gasteiger partial charge >= 0.3 is 0 Å². The largest absolute Gasteiger partial charge is 0.350 e. The number of hydrogen-bond donors (Lipinski definition) is 0. The minimum Gasteiger partial charge on any atom is -0.350 e. The van der Waals surface area contributed by atoms with Crippen LogP contribution in [0.4, 0.5) is 0 Å². The first kappa shape index (κ1) is 16.6. The number of nitrogens with zero attached hydrogens (tertiary/aromatic N) is 1. The molecule has 0 N–H and O–H groups in total. The second-order valence-corrected chi connectivity index (χ2v) is 7.83. The third kappa shape index (κ3) is 3.84. The lowest BCUT2D eigenvalue weighted by atomic mass is 9.80. The lowest BCUT2D eigenvalue weighted by Crippen LogP contribution is -2.50. The van der Waals surface area contributed by atoms with E-state index in [1.807, 2.05) is 0 Å². The van der Waals surface area contributed by atoms with Crippen LogP contribution in [0.5, 0.6) is 0 Å². The van der Waals surface area contributed by atoms with Gasteiger partial charge in [-0.3, -0.25) is 0 Å². The van der Waals surface area contributed by atoms with Crippen LogP contribution in [0, 0.1) is 0 Å². The highest BCUT2D eigenvalue weighted by Crippen LogP contribution is 2.43. The van der Waals surface area contributed by atoms with Gasteiger partial charge in [-0.15, -0.1) is 0 Å². The second kappa shape index (κ2) is 7.55. The minimum atomic E-state index is -0.288. The summed E-state index contributed by atoms with van der Waals surface area (Å²) in [6.45, 7) is 4.48. The first-order valence-electron chi connectivity index (χ1n) is 9.92. The van der Waals surface area contributed by atoms with Crippen molar-refractivity contribution < 1.29 is 9.47 Å². The molecule has 1 unspecified atom stereocenters. The summed E-state index contributed by atoms with van der Waals surface area (Å²) in [5.74, 6) is 0.385. The summed E-state index contributed by atoms with van der Waals surface area (Å²) in [5.41, 5.74) is 1.48. The van der Waals surface area contributed by atoms with E-state index < -0.39 is 0 Å². The van der Waals surface area contributed by atoms with Crippen molar-refractivity contribution in [2.24, 2.45) is 0 Å². The molecule has 1 atom stereocenters. The summed E-state index contributed by atoms with van der Waals surface area (Å²) >= 11 is 0. The average Bonchev–Trinajstić information content (AvgIpc) is 2.64. The zero-order valence-electron chi connectivity index (χ0n) is 14.8. The van der Waals surface area contributed by atoms with E-state index in [2.05, 4.69) is 35.2 Å². The third-order valence-corrected chi connectivity index (χ3v) is 6.12. The predicted octanol–water partition coefficient (Wildman–Crippen LogP) is 4.33. The molecule has 3 nitrogen and oxygen atoms in total. The Kier molecular flexibility index (Phi) is 5.21. The van der Waals surface area contributed by atoms with Gasteiger partial charge in [0.05, 0.1) is 12.7 Å². The topological polar surface area (TPSA) is 21.7 Å². The quantitative estimate of drug-likeness (QED) is 0.824. The summed E-state index contributed by atoms with van der Waals surface area (Å²) in [5, 5.41) is 0. The maximum atomic E-state index is 6.54. The van der Waals surface area contributed by atoms with E-state index in [1.165, 1.54) is 50.8 Å². The molecule has 2 saturated heterocycles. The van der Waals surface area contributed by atoms with E-state index in [9.17, 15) is 0 Å². The molecule has 3 heteroatoms. The van der Waals surface area contributed by atoms with Gasteiger partial charge < -0.3 is 14.4 Å². The number of rotatable bonds is 3. The highest BCUT2D eigenvalue weighted by molar-refractivity contribution is 5.20. The molecule has 132 valence electrons. The van der Waals surface area contributed by atoms with Gasteiger partial charge in [-0.2, -0.15) is 0 Å². The molecule has 1 spiro atoms. The van der Waals surface area contributed by atoms with Crippen molar-refractivity contribution in [3.63, 3.8) is 0 Å². The fourth-order valence-corrected chi connectivity index (χ4v) is 4.71. The maximum Gasteiger partial charge on any atom is 0.168 e. The standard InChI is InChI=1S/C21H31NO2/c1-3-7-18(8-4-1)19-9-12-21(13-10-19)23-16-11-20(24-21)17-22-14-5-2-6-15-22/h1,3-4,7-8,19-20H,2,5-6,9-17H2. The molecule has 1 saturated carbocycles. The Morgan fingerprint density at radius 1 is 0.958 bits per heavy atom. The van der Waals surface area contributed by atoms with Gasteiger partial charge in [0.25, 0.3) is 0 Å². The SMILES string of the molecule is c1ccc(C2CCC3(CC2)OCCC(CN2CCCCC2)O3)cc1. The Bertz CT molecular complexity index is 504. The fourth-order valence-electron chi connectivity index (χ4n) is 4.71. The highest BCUT2D eigenvalue weighted by Gasteiger charge is 2.42. The summed E-state index contributed by atoms with van der Waals surface area (Å²) in [6.07, 6.45) is 9.98. The molecule has 0 radical (unpaired) electrons. The molecular formula is C21H31NO2. The smallest absolute Gasteiger partial charge is 0.168 e. The molecule has 3 aliphatic rings. The molecule has 2 aliphatic heterocycles. The maximum absolute atomic E-state index is 6.54. The summed E-state index contributed by atoms with van der Waals surface area (Å²) in [4.78, 5) is 2.60. The van der Waals surface area contributed by atoms with Crippen molar-refractivity contribution in [3.05, 3.63) is 35.9 Å². The molecule has 1 aromatic carbocycles. The number of hydrogen-bond acceptors (Lipinski definition) is 3. The number of likely N-dealkylation sites (tertiary alicyclic amines) is 1. The van der Waals surface area contributed by atoms with Crippen LogP contribution in [0.3, 0.4) is 0 Å². The second-order valence-electron chi connectivity index (χ2n) is 7.83. The molecule has 0 aromatic heterocycles. The summed E-state index contributed by atoms with van der Waals surface area (Å²) < 4.78 is 12.7. The normalized spacial score (nSPS) is 35.2. The highest BCUT2D eigenvalue weighted by atomic mass is 16.7. The molecule has 1 aliphatic carbocycles. The van der Waals surface area contributed by atoms with Gasteiger partial charge in [0.2, 0.25) is 0 Å². The Balaban J connectivity index is 1.32. The number of piperidine rings is 1. The van der Waals surface area contributed by atoms with Crippen molar-refractivity contribution in [3.8, 4) is 0 Å². The first-order chi connectivity index (χ1) is 11.8. The Morgan fingerprint density at radius 2 is 1.71 bits per heavy atom. The van der Waals surface area contributed by atoms with Crippen LogP contribution in [-0.4, -0.2) is 43.0 Å². The zero-order chi connectivity index (χ0) is 16.2. The van der Waals surface area contributed by atoms with E-state index in [1.54, 1.807) is 0 Å². The Hall–Kier alpha value is -0.900. The number of ether oxygens (including phenoxy) is 2. The lowest BCUT2D eigenvalue weighted by molar-refractivity contribution is -0.307. The lowest BCUT2D eigenvalue weighted by Gasteiger charge is -2.46. The van der Waals surface area contributed by atoms with Crippen molar-refractivity contribution in [2.75, 3.05) is 26.2 Å². The third-order valence-electron chi connectivity index (χ3n) is 6.12. The van der Waals surface area contributed by atoms with E-state index in [0.29, 0.717) is 12.0 Å².